The lowest BCUT2D eigenvalue weighted by molar-refractivity contribution is 0.118. The van der Waals surface area contributed by atoms with Crippen LogP contribution in [0.15, 0.2) is 22.7 Å². The Bertz CT molecular complexity index is 411. The standard InChI is InChI=1S/C14H21BrN2O/c1-10-13(6-7-18-10)17(3)14-8-12(15)5-4-11(14)9-16-2/h4-5,8,10,13,16H,6-7,9H2,1-3H3. The van der Waals surface area contributed by atoms with Crippen molar-refractivity contribution in [2.45, 2.75) is 32.0 Å². The molecule has 100 valence electrons. The number of ether oxygens (including phenoxy) is 1. The zero-order valence-corrected chi connectivity index (χ0v) is 12.8. The van der Waals surface area contributed by atoms with Crippen molar-refractivity contribution in [3.63, 3.8) is 0 Å². The minimum Gasteiger partial charge on any atom is -0.376 e. The van der Waals surface area contributed by atoms with Crippen LogP contribution in [-0.2, 0) is 11.3 Å². The molecule has 0 saturated carbocycles. The lowest BCUT2D eigenvalue weighted by Crippen LogP contribution is -2.37. The van der Waals surface area contributed by atoms with Gasteiger partial charge in [0.25, 0.3) is 0 Å². The third kappa shape index (κ3) is 2.87. The average molecular weight is 313 g/mol. The Balaban J connectivity index is 2.27. The van der Waals surface area contributed by atoms with Gasteiger partial charge in [0.15, 0.2) is 0 Å². The van der Waals surface area contributed by atoms with Crippen molar-refractivity contribution >= 4 is 21.6 Å². The van der Waals surface area contributed by atoms with Gasteiger partial charge in [0, 0.05) is 30.4 Å². The number of hydrogen-bond acceptors (Lipinski definition) is 3. The molecular formula is C14H21BrN2O. The van der Waals surface area contributed by atoms with Crippen LogP contribution in [0.5, 0.6) is 0 Å². The Hall–Kier alpha value is -0.580. The van der Waals surface area contributed by atoms with Gasteiger partial charge in [-0.15, -0.1) is 0 Å². The van der Waals surface area contributed by atoms with Crippen LogP contribution in [-0.4, -0.2) is 32.8 Å². The molecule has 1 saturated heterocycles. The van der Waals surface area contributed by atoms with Crippen molar-refractivity contribution < 1.29 is 4.74 Å². The summed E-state index contributed by atoms with van der Waals surface area (Å²) in [5, 5.41) is 3.23. The van der Waals surface area contributed by atoms with E-state index in [0.29, 0.717) is 12.1 Å². The molecule has 0 bridgehead atoms. The van der Waals surface area contributed by atoms with Crippen molar-refractivity contribution in [1.29, 1.82) is 0 Å². The number of benzene rings is 1. The highest BCUT2D eigenvalue weighted by Crippen LogP contribution is 2.29. The summed E-state index contributed by atoms with van der Waals surface area (Å²) >= 11 is 3.56. The molecule has 0 spiro atoms. The normalized spacial score (nSPS) is 23.3. The molecule has 4 heteroatoms. The van der Waals surface area contributed by atoms with E-state index in [1.807, 2.05) is 7.05 Å². The van der Waals surface area contributed by atoms with Crippen LogP contribution >= 0.6 is 15.9 Å². The van der Waals surface area contributed by atoms with Crippen molar-refractivity contribution in [1.82, 2.24) is 5.32 Å². The fourth-order valence-corrected chi connectivity index (χ4v) is 2.96. The predicted molar refractivity (Wildman–Crippen MR) is 79.1 cm³/mol. The summed E-state index contributed by atoms with van der Waals surface area (Å²) in [6.07, 6.45) is 1.40. The lowest BCUT2D eigenvalue weighted by Gasteiger charge is -2.30. The molecule has 0 aliphatic carbocycles. The number of nitrogens with zero attached hydrogens (tertiary/aromatic N) is 1. The first-order valence-electron chi connectivity index (χ1n) is 6.41. The van der Waals surface area contributed by atoms with Gasteiger partial charge >= 0.3 is 0 Å². The van der Waals surface area contributed by atoms with Crippen LogP contribution in [0.1, 0.15) is 18.9 Å². The first-order valence-corrected chi connectivity index (χ1v) is 7.20. The summed E-state index contributed by atoms with van der Waals surface area (Å²) in [7, 11) is 4.14. The van der Waals surface area contributed by atoms with E-state index < -0.39 is 0 Å². The first kappa shape index (κ1) is 13.8. The molecule has 1 aromatic rings. The number of nitrogens with one attached hydrogen (secondary N) is 1. The third-order valence-corrected chi connectivity index (χ3v) is 4.12. The Morgan fingerprint density at radius 2 is 2.28 bits per heavy atom. The van der Waals surface area contributed by atoms with E-state index in [2.05, 4.69) is 58.3 Å². The number of anilines is 1. The third-order valence-electron chi connectivity index (χ3n) is 3.63. The minimum absolute atomic E-state index is 0.302. The van der Waals surface area contributed by atoms with Crippen molar-refractivity contribution in [3.05, 3.63) is 28.2 Å². The number of rotatable bonds is 4. The molecule has 18 heavy (non-hydrogen) atoms. The summed E-state index contributed by atoms with van der Waals surface area (Å²) in [5.74, 6) is 0. The number of halogens is 1. The van der Waals surface area contributed by atoms with E-state index in [1.54, 1.807) is 0 Å². The maximum Gasteiger partial charge on any atom is 0.0750 e. The van der Waals surface area contributed by atoms with Crippen LogP contribution < -0.4 is 10.2 Å². The Morgan fingerprint density at radius 3 is 2.89 bits per heavy atom. The molecule has 1 N–H and O–H groups in total. The molecule has 0 radical (unpaired) electrons. The number of hydrogen-bond donors (Lipinski definition) is 1. The van der Waals surface area contributed by atoms with Gasteiger partial charge in [-0.25, -0.2) is 0 Å². The van der Waals surface area contributed by atoms with E-state index in [0.717, 1.165) is 24.0 Å². The first-order chi connectivity index (χ1) is 8.63. The molecule has 1 aliphatic rings. The smallest absolute Gasteiger partial charge is 0.0750 e. The fraction of sp³-hybridized carbons (Fsp3) is 0.571. The van der Waals surface area contributed by atoms with Gasteiger partial charge in [-0.3, -0.25) is 0 Å². The molecular weight excluding hydrogens is 292 g/mol. The maximum atomic E-state index is 5.67. The summed E-state index contributed by atoms with van der Waals surface area (Å²) < 4.78 is 6.79. The molecule has 2 atom stereocenters. The van der Waals surface area contributed by atoms with E-state index in [1.165, 1.54) is 11.3 Å². The quantitative estimate of drug-likeness (QED) is 0.925. The fourth-order valence-electron chi connectivity index (χ4n) is 2.61. The topological polar surface area (TPSA) is 24.5 Å². The number of likely N-dealkylation sites (N-methyl/N-ethyl adjacent to an activating group) is 1. The minimum atomic E-state index is 0.302. The predicted octanol–water partition coefficient (Wildman–Crippen LogP) is 2.78. The lowest BCUT2D eigenvalue weighted by atomic mass is 10.1. The second-order valence-corrected chi connectivity index (χ2v) is 5.76. The van der Waals surface area contributed by atoms with Gasteiger partial charge in [-0.1, -0.05) is 22.0 Å². The van der Waals surface area contributed by atoms with Crippen LogP contribution in [0.2, 0.25) is 0 Å². The van der Waals surface area contributed by atoms with Gasteiger partial charge in [0.05, 0.1) is 12.1 Å². The summed E-state index contributed by atoms with van der Waals surface area (Å²) in [5.41, 5.74) is 2.60. The Kier molecular flexibility index (Phi) is 4.65. The van der Waals surface area contributed by atoms with Gasteiger partial charge in [-0.05, 0) is 38.1 Å². The molecule has 1 aliphatic heterocycles. The van der Waals surface area contributed by atoms with Gasteiger partial charge < -0.3 is 15.0 Å². The summed E-state index contributed by atoms with van der Waals surface area (Å²) in [4.78, 5) is 2.36. The van der Waals surface area contributed by atoms with Crippen LogP contribution in [0.25, 0.3) is 0 Å². The van der Waals surface area contributed by atoms with Crippen LogP contribution in [0.4, 0.5) is 5.69 Å². The molecule has 2 rings (SSSR count). The van der Waals surface area contributed by atoms with Gasteiger partial charge in [0.2, 0.25) is 0 Å². The molecule has 3 nitrogen and oxygen atoms in total. The molecule has 0 aromatic heterocycles. The Morgan fingerprint density at radius 1 is 1.50 bits per heavy atom. The van der Waals surface area contributed by atoms with Gasteiger partial charge in [-0.2, -0.15) is 0 Å². The Labute approximate surface area is 118 Å². The van der Waals surface area contributed by atoms with E-state index in [-0.39, 0.29) is 0 Å². The van der Waals surface area contributed by atoms with E-state index in [9.17, 15) is 0 Å². The van der Waals surface area contributed by atoms with Crippen LogP contribution in [0.3, 0.4) is 0 Å². The monoisotopic (exact) mass is 312 g/mol. The van der Waals surface area contributed by atoms with Crippen LogP contribution in [0, 0.1) is 0 Å². The maximum absolute atomic E-state index is 5.67. The molecule has 2 unspecified atom stereocenters. The average Bonchev–Trinajstić information content (AvgIpc) is 2.77. The van der Waals surface area contributed by atoms with Crippen molar-refractivity contribution in [2.24, 2.45) is 0 Å². The second kappa shape index (κ2) is 6.04. The molecule has 1 heterocycles. The van der Waals surface area contributed by atoms with E-state index in [4.69, 9.17) is 4.74 Å². The van der Waals surface area contributed by atoms with Crippen molar-refractivity contribution in [3.8, 4) is 0 Å². The highest BCUT2D eigenvalue weighted by molar-refractivity contribution is 9.10. The second-order valence-electron chi connectivity index (χ2n) is 4.85. The summed E-state index contributed by atoms with van der Waals surface area (Å²) in [6, 6.07) is 6.93. The van der Waals surface area contributed by atoms with E-state index >= 15 is 0 Å². The molecule has 1 fully saturated rings. The highest BCUT2D eigenvalue weighted by Gasteiger charge is 2.28. The molecule has 1 aromatic carbocycles. The zero-order chi connectivity index (χ0) is 13.1. The van der Waals surface area contributed by atoms with Gasteiger partial charge in [0.1, 0.15) is 0 Å². The molecule has 0 amide bonds. The SMILES string of the molecule is CNCc1ccc(Br)cc1N(C)C1CCOC1C. The zero-order valence-electron chi connectivity index (χ0n) is 11.2. The van der Waals surface area contributed by atoms with Crippen molar-refractivity contribution in [2.75, 3.05) is 25.6 Å². The highest BCUT2D eigenvalue weighted by atomic mass is 79.9. The largest absolute Gasteiger partial charge is 0.376 e. The summed E-state index contributed by atoms with van der Waals surface area (Å²) in [6.45, 7) is 3.91.